The van der Waals surface area contributed by atoms with Crippen LogP contribution < -0.4 is 5.73 Å². The molecule has 0 saturated heterocycles. The van der Waals surface area contributed by atoms with Crippen LogP contribution in [0.15, 0.2) is 35.5 Å². The van der Waals surface area contributed by atoms with Gasteiger partial charge in [0, 0.05) is 17.4 Å². The van der Waals surface area contributed by atoms with Crippen LogP contribution in [0.25, 0.3) is 0 Å². The van der Waals surface area contributed by atoms with Crippen LogP contribution in [0.4, 0.5) is 0 Å². The minimum absolute atomic E-state index is 0.295. The Labute approximate surface area is 94.4 Å². The molecule has 1 aromatic rings. The van der Waals surface area contributed by atoms with Crippen LogP contribution >= 0.6 is 11.8 Å². The number of hydrogen-bond acceptors (Lipinski definition) is 3. The van der Waals surface area contributed by atoms with Gasteiger partial charge in [-0.25, -0.2) is 0 Å². The lowest BCUT2D eigenvalue weighted by atomic mass is 10.2. The van der Waals surface area contributed by atoms with E-state index >= 15 is 0 Å². The highest BCUT2D eigenvalue weighted by Crippen LogP contribution is 2.19. The summed E-state index contributed by atoms with van der Waals surface area (Å²) >= 11 is 1.80. The third-order valence-corrected chi connectivity index (χ3v) is 3.24. The van der Waals surface area contributed by atoms with Gasteiger partial charge in [-0.15, -0.1) is 0 Å². The van der Waals surface area contributed by atoms with E-state index in [0.29, 0.717) is 17.5 Å². The summed E-state index contributed by atoms with van der Waals surface area (Å²) in [4.78, 5) is 0. The number of rotatable bonds is 5. The predicted octanol–water partition coefficient (Wildman–Crippen LogP) is 2.44. The van der Waals surface area contributed by atoms with Crippen molar-refractivity contribution < 1.29 is 5.21 Å². The highest BCUT2D eigenvalue weighted by Gasteiger charge is 2.05. The van der Waals surface area contributed by atoms with E-state index in [2.05, 4.69) is 24.2 Å². The van der Waals surface area contributed by atoms with Gasteiger partial charge < -0.3 is 10.9 Å². The molecule has 0 aliphatic rings. The molecule has 0 aliphatic heterocycles. The molecule has 0 amide bonds. The van der Waals surface area contributed by atoms with Crippen molar-refractivity contribution in [2.75, 3.05) is 0 Å². The molecule has 0 aromatic heterocycles. The molecule has 1 atom stereocenters. The largest absolute Gasteiger partial charge is 0.409 e. The Balaban J connectivity index is 2.31. The summed E-state index contributed by atoms with van der Waals surface area (Å²) in [7, 11) is 0. The van der Waals surface area contributed by atoms with Gasteiger partial charge in [-0.05, 0) is 5.56 Å². The fourth-order valence-corrected chi connectivity index (χ4v) is 2.17. The number of nitrogens with zero attached hydrogens (tertiary/aromatic N) is 1. The maximum atomic E-state index is 8.42. The van der Waals surface area contributed by atoms with E-state index in [1.54, 1.807) is 11.8 Å². The molecule has 4 heteroatoms. The Morgan fingerprint density at radius 3 is 2.73 bits per heavy atom. The van der Waals surface area contributed by atoms with E-state index in [4.69, 9.17) is 10.9 Å². The molecular weight excluding hydrogens is 208 g/mol. The highest BCUT2D eigenvalue weighted by molar-refractivity contribution is 7.99. The zero-order valence-electron chi connectivity index (χ0n) is 8.76. The zero-order valence-corrected chi connectivity index (χ0v) is 9.57. The third-order valence-electron chi connectivity index (χ3n) is 2.00. The van der Waals surface area contributed by atoms with E-state index in [-0.39, 0.29) is 0 Å². The van der Waals surface area contributed by atoms with Crippen molar-refractivity contribution in [3.8, 4) is 0 Å². The zero-order chi connectivity index (χ0) is 11.1. The smallest absolute Gasteiger partial charge is 0.140 e. The second-order valence-corrected chi connectivity index (χ2v) is 4.83. The summed E-state index contributed by atoms with van der Waals surface area (Å²) in [5, 5.41) is 11.7. The number of benzene rings is 1. The van der Waals surface area contributed by atoms with Gasteiger partial charge in [-0.1, -0.05) is 42.4 Å². The molecule has 1 aromatic carbocycles. The number of nitrogens with two attached hydrogens (primary N) is 1. The molecule has 1 rings (SSSR count). The average Bonchev–Trinajstić information content (AvgIpc) is 2.27. The Kier molecular flexibility index (Phi) is 5.04. The number of hydrogen-bond donors (Lipinski definition) is 2. The van der Waals surface area contributed by atoms with Gasteiger partial charge in [0.2, 0.25) is 0 Å². The number of oxime groups is 1. The van der Waals surface area contributed by atoms with Gasteiger partial charge in [0.05, 0.1) is 0 Å². The van der Waals surface area contributed by atoms with E-state index in [0.717, 1.165) is 5.75 Å². The molecule has 0 fully saturated rings. The molecule has 0 radical (unpaired) electrons. The van der Waals surface area contributed by atoms with Gasteiger partial charge in [0.25, 0.3) is 0 Å². The van der Waals surface area contributed by atoms with Gasteiger partial charge in [0.1, 0.15) is 5.84 Å². The first-order valence-electron chi connectivity index (χ1n) is 4.84. The fraction of sp³-hybridized carbons (Fsp3) is 0.364. The topological polar surface area (TPSA) is 58.6 Å². The molecule has 0 spiro atoms. The molecule has 0 saturated carbocycles. The molecule has 15 heavy (non-hydrogen) atoms. The Morgan fingerprint density at radius 1 is 1.47 bits per heavy atom. The van der Waals surface area contributed by atoms with Gasteiger partial charge >= 0.3 is 0 Å². The summed E-state index contributed by atoms with van der Waals surface area (Å²) in [6, 6.07) is 10.3. The first-order valence-corrected chi connectivity index (χ1v) is 5.89. The molecular formula is C11H16N2OS. The van der Waals surface area contributed by atoms with E-state index in [1.165, 1.54) is 5.56 Å². The van der Waals surface area contributed by atoms with Crippen LogP contribution in [0, 0.1) is 0 Å². The summed E-state index contributed by atoms with van der Waals surface area (Å²) < 4.78 is 0. The lowest BCUT2D eigenvalue weighted by Gasteiger charge is -2.09. The van der Waals surface area contributed by atoms with Gasteiger partial charge in [-0.3, -0.25) is 0 Å². The lowest BCUT2D eigenvalue weighted by molar-refractivity contribution is 0.317. The minimum Gasteiger partial charge on any atom is -0.409 e. The Hall–Kier alpha value is -1.16. The second-order valence-electron chi connectivity index (χ2n) is 3.40. The predicted molar refractivity (Wildman–Crippen MR) is 65.2 cm³/mol. The Morgan fingerprint density at radius 2 is 2.13 bits per heavy atom. The molecule has 3 nitrogen and oxygen atoms in total. The SMILES string of the molecule is CC(CC(N)=NO)SCc1ccccc1. The summed E-state index contributed by atoms with van der Waals surface area (Å²) in [5.74, 6) is 1.25. The van der Waals surface area contributed by atoms with E-state index in [1.807, 2.05) is 18.2 Å². The monoisotopic (exact) mass is 224 g/mol. The second kappa shape index (κ2) is 6.35. The third kappa shape index (κ3) is 4.74. The molecule has 1 unspecified atom stereocenters. The normalized spacial score (nSPS) is 13.8. The van der Waals surface area contributed by atoms with Gasteiger partial charge in [-0.2, -0.15) is 11.8 Å². The van der Waals surface area contributed by atoms with Crippen molar-refractivity contribution >= 4 is 17.6 Å². The Bertz CT molecular complexity index is 314. The van der Waals surface area contributed by atoms with Crippen LogP contribution in [0.5, 0.6) is 0 Å². The number of amidine groups is 1. The van der Waals surface area contributed by atoms with Crippen LogP contribution in [-0.2, 0) is 5.75 Å². The van der Waals surface area contributed by atoms with Crippen molar-refractivity contribution in [3.05, 3.63) is 35.9 Å². The lowest BCUT2D eigenvalue weighted by Crippen LogP contribution is -2.16. The minimum atomic E-state index is 0.295. The maximum absolute atomic E-state index is 8.42. The molecule has 0 aliphatic carbocycles. The van der Waals surface area contributed by atoms with Crippen molar-refractivity contribution in [1.29, 1.82) is 0 Å². The first-order chi connectivity index (χ1) is 7.22. The van der Waals surface area contributed by atoms with E-state index < -0.39 is 0 Å². The van der Waals surface area contributed by atoms with E-state index in [9.17, 15) is 0 Å². The highest BCUT2D eigenvalue weighted by atomic mass is 32.2. The molecule has 3 N–H and O–H groups in total. The summed E-state index contributed by atoms with van der Waals surface area (Å²) in [6.45, 7) is 2.08. The van der Waals surface area contributed by atoms with Crippen molar-refractivity contribution in [1.82, 2.24) is 0 Å². The quantitative estimate of drug-likeness (QED) is 0.349. The van der Waals surface area contributed by atoms with Crippen molar-refractivity contribution in [2.45, 2.75) is 24.3 Å². The molecule has 0 bridgehead atoms. The van der Waals surface area contributed by atoms with Crippen LogP contribution in [0.3, 0.4) is 0 Å². The van der Waals surface area contributed by atoms with Crippen molar-refractivity contribution in [2.24, 2.45) is 10.9 Å². The maximum Gasteiger partial charge on any atom is 0.140 e. The van der Waals surface area contributed by atoms with Crippen LogP contribution in [0.2, 0.25) is 0 Å². The number of thioether (sulfide) groups is 1. The summed E-state index contributed by atoms with van der Waals surface area (Å²) in [5.41, 5.74) is 6.73. The molecule has 82 valence electrons. The summed E-state index contributed by atoms with van der Waals surface area (Å²) in [6.07, 6.45) is 0.619. The van der Waals surface area contributed by atoms with Gasteiger partial charge in [0.15, 0.2) is 0 Å². The van der Waals surface area contributed by atoms with Crippen molar-refractivity contribution in [3.63, 3.8) is 0 Å². The molecule has 0 heterocycles. The standard InChI is InChI=1S/C11H16N2OS/c1-9(7-11(12)13-14)15-8-10-5-3-2-4-6-10/h2-6,9,14H,7-8H2,1H3,(H2,12,13). The first kappa shape index (κ1) is 11.9. The van der Waals surface area contributed by atoms with Crippen LogP contribution in [0.1, 0.15) is 18.9 Å². The fourth-order valence-electron chi connectivity index (χ4n) is 1.21. The average molecular weight is 224 g/mol. The van der Waals surface area contributed by atoms with Crippen LogP contribution in [-0.4, -0.2) is 16.3 Å².